The fourth-order valence-electron chi connectivity index (χ4n) is 2.39. The Morgan fingerprint density at radius 1 is 1.30 bits per heavy atom. The minimum Gasteiger partial charge on any atom is -0.345 e. The van der Waals surface area contributed by atoms with E-state index in [-0.39, 0.29) is 5.91 Å². The fraction of sp³-hybridized carbons (Fsp3) is 0.235. The lowest BCUT2D eigenvalue weighted by Gasteiger charge is -2.06. The van der Waals surface area contributed by atoms with E-state index in [2.05, 4.69) is 22.2 Å². The fourth-order valence-corrected chi connectivity index (χ4v) is 3.03. The van der Waals surface area contributed by atoms with Crippen LogP contribution in [0.5, 0.6) is 0 Å². The maximum absolute atomic E-state index is 12.3. The third-order valence-corrected chi connectivity index (χ3v) is 4.38. The van der Waals surface area contributed by atoms with Crippen molar-refractivity contribution in [2.75, 3.05) is 5.75 Å². The molecule has 1 N–H and O–H groups in total. The quantitative estimate of drug-likeness (QED) is 0.732. The minimum absolute atomic E-state index is 0.114. The smallest absolute Gasteiger partial charge is 0.251 e. The van der Waals surface area contributed by atoms with Gasteiger partial charge < -0.3 is 9.88 Å². The van der Waals surface area contributed by atoms with Gasteiger partial charge in [-0.2, -0.15) is 0 Å². The zero-order chi connectivity index (χ0) is 16.2. The van der Waals surface area contributed by atoms with Crippen molar-refractivity contribution in [3.05, 3.63) is 54.0 Å². The number of aryl methyl sites for hydroxylation is 1. The van der Waals surface area contributed by atoms with Crippen molar-refractivity contribution in [2.45, 2.75) is 18.5 Å². The first kappa shape index (κ1) is 15.6. The number of carbonyl (C=O) groups is 1. The van der Waals surface area contributed by atoms with Gasteiger partial charge in [0.05, 0.1) is 22.6 Å². The molecular formula is C17H18N4OS. The van der Waals surface area contributed by atoms with Gasteiger partial charge in [0, 0.05) is 18.8 Å². The van der Waals surface area contributed by atoms with E-state index < -0.39 is 0 Å². The lowest BCUT2D eigenvalue weighted by atomic mass is 10.2. The van der Waals surface area contributed by atoms with E-state index in [1.807, 2.05) is 41.9 Å². The van der Waals surface area contributed by atoms with Gasteiger partial charge in [0.25, 0.3) is 5.91 Å². The highest BCUT2D eigenvalue weighted by molar-refractivity contribution is 7.99. The normalized spacial score (nSPS) is 10.9. The highest BCUT2D eigenvalue weighted by Gasteiger charge is 2.10. The Morgan fingerprint density at radius 3 is 2.91 bits per heavy atom. The Hall–Kier alpha value is -2.34. The van der Waals surface area contributed by atoms with Crippen LogP contribution >= 0.6 is 11.8 Å². The number of thioether (sulfide) groups is 1. The first-order chi connectivity index (χ1) is 11.2. The van der Waals surface area contributed by atoms with Crippen LogP contribution in [0.25, 0.3) is 11.0 Å². The monoisotopic (exact) mass is 326 g/mol. The van der Waals surface area contributed by atoms with Crippen molar-refractivity contribution < 1.29 is 4.79 Å². The average molecular weight is 326 g/mol. The van der Waals surface area contributed by atoms with Crippen molar-refractivity contribution in [3.8, 4) is 0 Å². The lowest BCUT2D eigenvalue weighted by molar-refractivity contribution is 0.0949. The first-order valence-corrected chi connectivity index (χ1v) is 8.45. The summed E-state index contributed by atoms with van der Waals surface area (Å²) in [5.41, 5.74) is 2.61. The van der Waals surface area contributed by atoms with Crippen LogP contribution < -0.4 is 5.32 Å². The van der Waals surface area contributed by atoms with Crippen LogP contribution in [0.1, 0.15) is 23.1 Å². The van der Waals surface area contributed by atoms with E-state index in [9.17, 15) is 4.79 Å². The van der Waals surface area contributed by atoms with Crippen LogP contribution in [0.15, 0.2) is 47.6 Å². The minimum atomic E-state index is -0.114. The predicted molar refractivity (Wildman–Crippen MR) is 92.5 cm³/mol. The van der Waals surface area contributed by atoms with Crippen molar-refractivity contribution in [1.29, 1.82) is 0 Å². The Bertz CT molecular complexity index is 843. The third-order valence-electron chi connectivity index (χ3n) is 3.58. The van der Waals surface area contributed by atoms with Crippen LogP contribution in [-0.2, 0) is 13.6 Å². The molecule has 2 aromatic heterocycles. The van der Waals surface area contributed by atoms with Crippen LogP contribution in [0.2, 0.25) is 0 Å². The van der Waals surface area contributed by atoms with E-state index in [0.717, 1.165) is 27.6 Å². The van der Waals surface area contributed by atoms with E-state index in [1.165, 1.54) is 0 Å². The number of rotatable bonds is 5. The molecule has 0 aliphatic carbocycles. The summed E-state index contributed by atoms with van der Waals surface area (Å²) < 4.78 is 2.00. The van der Waals surface area contributed by atoms with Gasteiger partial charge in [-0.15, -0.1) is 11.8 Å². The first-order valence-electron chi connectivity index (χ1n) is 7.46. The third kappa shape index (κ3) is 3.37. The van der Waals surface area contributed by atoms with Gasteiger partial charge in [-0.1, -0.05) is 19.1 Å². The van der Waals surface area contributed by atoms with Gasteiger partial charge >= 0.3 is 0 Å². The maximum Gasteiger partial charge on any atom is 0.251 e. The van der Waals surface area contributed by atoms with Gasteiger partial charge in [0.2, 0.25) is 0 Å². The Kier molecular flexibility index (Phi) is 4.62. The van der Waals surface area contributed by atoms with E-state index in [1.54, 1.807) is 24.0 Å². The number of fused-ring (bicyclic) bond motifs is 1. The van der Waals surface area contributed by atoms with Crippen molar-refractivity contribution in [1.82, 2.24) is 19.9 Å². The summed E-state index contributed by atoms with van der Waals surface area (Å²) in [7, 11) is 1.96. The molecule has 5 nitrogen and oxygen atoms in total. The average Bonchev–Trinajstić information content (AvgIpc) is 2.90. The maximum atomic E-state index is 12.3. The number of amides is 1. The molecule has 0 bridgehead atoms. The van der Waals surface area contributed by atoms with Crippen LogP contribution in [0, 0.1) is 0 Å². The van der Waals surface area contributed by atoms with Crippen LogP contribution in [0.3, 0.4) is 0 Å². The zero-order valence-electron chi connectivity index (χ0n) is 13.1. The summed E-state index contributed by atoms with van der Waals surface area (Å²) in [6.07, 6.45) is 1.67. The van der Waals surface area contributed by atoms with Crippen LogP contribution in [-0.4, -0.2) is 26.2 Å². The number of nitrogens with one attached hydrogen (secondary N) is 1. The molecular weight excluding hydrogens is 308 g/mol. The molecule has 0 spiro atoms. The summed E-state index contributed by atoms with van der Waals surface area (Å²) in [6, 6.07) is 11.5. The highest BCUT2D eigenvalue weighted by atomic mass is 32.2. The second kappa shape index (κ2) is 6.83. The number of benzene rings is 1. The number of pyridine rings is 1. The molecule has 0 aliphatic rings. The molecule has 6 heteroatoms. The van der Waals surface area contributed by atoms with Crippen LogP contribution in [0.4, 0.5) is 0 Å². The topological polar surface area (TPSA) is 59.8 Å². The van der Waals surface area contributed by atoms with Gasteiger partial charge in [-0.25, -0.2) is 9.97 Å². The zero-order valence-corrected chi connectivity index (χ0v) is 13.9. The number of aromatic nitrogens is 3. The van der Waals surface area contributed by atoms with E-state index >= 15 is 0 Å². The predicted octanol–water partition coefficient (Wildman–Crippen LogP) is 3.01. The van der Waals surface area contributed by atoms with Gasteiger partial charge in [-0.05, 0) is 30.0 Å². The Morgan fingerprint density at radius 2 is 2.13 bits per heavy atom. The van der Waals surface area contributed by atoms with E-state index in [0.29, 0.717) is 12.1 Å². The second-order valence-electron chi connectivity index (χ2n) is 5.07. The highest BCUT2D eigenvalue weighted by Crippen LogP contribution is 2.16. The van der Waals surface area contributed by atoms with Crippen molar-refractivity contribution >= 4 is 28.7 Å². The molecule has 23 heavy (non-hydrogen) atoms. The molecule has 0 saturated heterocycles. The summed E-state index contributed by atoms with van der Waals surface area (Å²) in [4.78, 5) is 21.1. The molecule has 3 aromatic rings. The standard InChI is InChI=1S/C17H18N4OS/c1-3-23-16-10-12(8-9-18-16)17(22)19-11-15-20-13-6-4-5-7-14(13)21(15)2/h4-10H,3,11H2,1-2H3,(H,19,22). The van der Waals surface area contributed by atoms with Gasteiger partial charge in [0.1, 0.15) is 5.82 Å². The molecule has 0 aliphatic heterocycles. The van der Waals surface area contributed by atoms with Gasteiger partial charge in [0.15, 0.2) is 0 Å². The van der Waals surface area contributed by atoms with Gasteiger partial charge in [-0.3, -0.25) is 4.79 Å². The molecule has 118 valence electrons. The number of imidazole rings is 1. The number of nitrogens with zero attached hydrogens (tertiary/aromatic N) is 3. The molecule has 0 atom stereocenters. The number of para-hydroxylation sites is 2. The van der Waals surface area contributed by atoms with Crippen molar-refractivity contribution in [3.63, 3.8) is 0 Å². The lowest BCUT2D eigenvalue weighted by Crippen LogP contribution is -2.24. The molecule has 0 unspecified atom stereocenters. The molecule has 1 amide bonds. The molecule has 0 fully saturated rings. The van der Waals surface area contributed by atoms with Crippen molar-refractivity contribution in [2.24, 2.45) is 7.05 Å². The molecule has 3 rings (SSSR count). The largest absolute Gasteiger partial charge is 0.345 e. The molecule has 0 radical (unpaired) electrons. The molecule has 0 saturated carbocycles. The number of carbonyl (C=O) groups excluding carboxylic acids is 1. The Balaban J connectivity index is 1.73. The summed E-state index contributed by atoms with van der Waals surface area (Å²) in [5.74, 6) is 1.65. The molecule has 2 heterocycles. The summed E-state index contributed by atoms with van der Waals surface area (Å²) in [5, 5.41) is 3.79. The second-order valence-corrected chi connectivity index (χ2v) is 6.36. The Labute approximate surface area is 139 Å². The molecule has 1 aromatic carbocycles. The summed E-state index contributed by atoms with van der Waals surface area (Å²) >= 11 is 1.62. The number of hydrogen-bond donors (Lipinski definition) is 1. The summed E-state index contributed by atoms with van der Waals surface area (Å²) in [6.45, 7) is 2.45. The van der Waals surface area contributed by atoms with E-state index in [4.69, 9.17) is 0 Å². The number of hydrogen-bond acceptors (Lipinski definition) is 4. The SMILES string of the molecule is CCSc1cc(C(=O)NCc2nc3ccccc3n2C)ccn1.